The third-order valence-electron chi connectivity index (χ3n) is 6.96. The van der Waals surface area contributed by atoms with Crippen LogP contribution in [-0.2, 0) is 14.9 Å². The van der Waals surface area contributed by atoms with Crippen molar-refractivity contribution in [2.45, 2.75) is 167 Å². The molecular formula is C30H59NO5S. The second-order valence-corrected chi connectivity index (χ2v) is 12.2. The molecule has 0 aromatic rings. The van der Waals surface area contributed by atoms with Crippen LogP contribution in [0.4, 0.5) is 0 Å². The Morgan fingerprint density at radius 2 is 1.11 bits per heavy atom. The lowest BCUT2D eigenvalue weighted by molar-refractivity contribution is -0.122. The number of unbranched alkanes of at least 4 members (excludes halogenated alkanes) is 19. The molecule has 7 heteroatoms. The lowest BCUT2D eigenvalue weighted by Crippen LogP contribution is -2.46. The molecule has 0 heterocycles. The van der Waals surface area contributed by atoms with Crippen LogP contribution in [0.5, 0.6) is 0 Å². The molecule has 0 saturated carbocycles. The molecule has 0 bridgehead atoms. The molecule has 0 aliphatic carbocycles. The van der Waals surface area contributed by atoms with Gasteiger partial charge < -0.3 is 10.4 Å². The van der Waals surface area contributed by atoms with E-state index < -0.39 is 28.0 Å². The maximum Gasteiger partial charge on any atom is 0.267 e. The second-order valence-electron chi connectivity index (χ2n) is 10.7. The van der Waals surface area contributed by atoms with Gasteiger partial charge in [0.1, 0.15) is 0 Å². The predicted octanol–water partition coefficient (Wildman–Crippen LogP) is 7.90. The topological polar surface area (TPSA) is 104 Å². The average molecular weight is 546 g/mol. The van der Waals surface area contributed by atoms with Gasteiger partial charge in [0.2, 0.25) is 5.91 Å². The SMILES string of the molecule is CCCCCCCCCCCC/C=C/C(O)C(CS(=O)(=O)O)NC(=O)CCCCCCCCCCCC. The summed E-state index contributed by atoms with van der Waals surface area (Å²) in [5.41, 5.74) is 0. The number of hydrogen-bond donors (Lipinski definition) is 3. The van der Waals surface area contributed by atoms with E-state index in [1.165, 1.54) is 96.3 Å². The fourth-order valence-electron chi connectivity index (χ4n) is 4.62. The van der Waals surface area contributed by atoms with E-state index >= 15 is 0 Å². The number of carbonyl (C=O) groups is 1. The van der Waals surface area contributed by atoms with E-state index in [1.807, 2.05) is 6.08 Å². The smallest absolute Gasteiger partial charge is 0.267 e. The number of hydrogen-bond acceptors (Lipinski definition) is 4. The van der Waals surface area contributed by atoms with Crippen molar-refractivity contribution in [1.82, 2.24) is 5.32 Å². The summed E-state index contributed by atoms with van der Waals surface area (Å²) < 4.78 is 32.1. The molecule has 0 radical (unpaired) electrons. The molecular weight excluding hydrogens is 486 g/mol. The Labute approximate surface area is 229 Å². The summed E-state index contributed by atoms with van der Waals surface area (Å²) >= 11 is 0. The molecule has 2 unspecified atom stereocenters. The summed E-state index contributed by atoms with van der Waals surface area (Å²) in [5.74, 6) is -0.976. The highest BCUT2D eigenvalue weighted by Crippen LogP contribution is 2.13. The van der Waals surface area contributed by atoms with E-state index in [0.717, 1.165) is 38.5 Å². The third-order valence-corrected chi connectivity index (χ3v) is 7.74. The van der Waals surface area contributed by atoms with Crippen LogP contribution in [0.25, 0.3) is 0 Å². The highest BCUT2D eigenvalue weighted by Gasteiger charge is 2.24. The van der Waals surface area contributed by atoms with Gasteiger partial charge in [0.15, 0.2) is 0 Å². The Morgan fingerprint density at radius 1 is 0.703 bits per heavy atom. The molecule has 0 spiro atoms. The summed E-state index contributed by atoms with van der Waals surface area (Å²) in [4.78, 5) is 12.3. The van der Waals surface area contributed by atoms with Crippen molar-refractivity contribution in [3.05, 3.63) is 12.2 Å². The van der Waals surface area contributed by atoms with Crippen molar-refractivity contribution >= 4 is 16.0 Å². The largest absolute Gasteiger partial charge is 0.387 e. The molecule has 0 aliphatic rings. The van der Waals surface area contributed by atoms with Gasteiger partial charge in [-0.15, -0.1) is 0 Å². The summed E-state index contributed by atoms with van der Waals surface area (Å²) in [5, 5.41) is 13.1. The van der Waals surface area contributed by atoms with Gasteiger partial charge in [-0.2, -0.15) is 8.42 Å². The van der Waals surface area contributed by atoms with Crippen molar-refractivity contribution in [2.24, 2.45) is 0 Å². The lowest BCUT2D eigenvalue weighted by atomic mass is 10.1. The van der Waals surface area contributed by atoms with Crippen LogP contribution in [0.1, 0.15) is 155 Å². The maximum absolute atomic E-state index is 12.3. The molecule has 0 aromatic carbocycles. The van der Waals surface area contributed by atoms with E-state index in [9.17, 15) is 22.9 Å². The van der Waals surface area contributed by atoms with Crippen molar-refractivity contribution in [1.29, 1.82) is 0 Å². The summed E-state index contributed by atoms with van der Waals surface area (Å²) in [7, 11) is -4.32. The molecule has 37 heavy (non-hydrogen) atoms. The quantitative estimate of drug-likeness (QED) is 0.0553. The Morgan fingerprint density at radius 3 is 1.54 bits per heavy atom. The van der Waals surface area contributed by atoms with Crippen LogP contribution in [0.15, 0.2) is 12.2 Å². The molecule has 0 aromatic heterocycles. The van der Waals surface area contributed by atoms with Gasteiger partial charge in [-0.1, -0.05) is 142 Å². The molecule has 0 rings (SSSR count). The van der Waals surface area contributed by atoms with Crippen LogP contribution < -0.4 is 5.32 Å². The first-order chi connectivity index (χ1) is 17.8. The first kappa shape index (κ1) is 36.1. The Hall–Kier alpha value is -0.920. The number of allylic oxidation sites excluding steroid dienone is 1. The standard InChI is InChI=1S/C30H59NO5S/c1-3-5-7-9-11-13-15-16-17-19-21-23-25-29(32)28(27-37(34,35)36)31-30(33)26-24-22-20-18-14-12-10-8-6-4-2/h23,25,28-29,32H,3-22,24,26-27H2,1-2H3,(H,31,33)(H,34,35,36)/b25-23+. The molecule has 3 N–H and O–H groups in total. The molecule has 220 valence electrons. The van der Waals surface area contributed by atoms with E-state index in [0.29, 0.717) is 6.42 Å². The number of carbonyl (C=O) groups excluding carboxylic acids is 1. The van der Waals surface area contributed by atoms with E-state index in [1.54, 1.807) is 6.08 Å². The molecule has 0 saturated heterocycles. The number of aliphatic hydroxyl groups excluding tert-OH is 1. The Kier molecular flexibility index (Phi) is 24.7. The zero-order valence-corrected chi connectivity index (χ0v) is 24.9. The minimum Gasteiger partial charge on any atom is -0.387 e. The third kappa shape index (κ3) is 26.5. The van der Waals surface area contributed by atoms with Crippen LogP contribution in [0.3, 0.4) is 0 Å². The maximum atomic E-state index is 12.3. The fourth-order valence-corrected chi connectivity index (χ4v) is 5.36. The molecule has 6 nitrogen and oxygen atoms in total. The first-order valence-corrected chi connectivity index (χ1v) is 17.0. The molecule has 2 atom stereocenters. The van der Waals surface area contributed by atoms with Gasteiger partial charge in [0, 0.05) is 6.42 Å². The van der Waals surface area contributed by atoms with E-state index in [4.69, 9.17) is 0 Å². The summed E-state index contributed by atoms with van der Waals surface area (Å²) in [6, 6.07) is -1.05. The molecule has 0 aliphatic heterocycles. The van der Waals surface area contributed by atoms with Gasteiger partial charge in [-0.3, -0.25) is 9.35 Å². The van der Waals surface area contributed by atoms with Crippen molar-refractivity contribution in [3.8, 4) is 0 Å². The van der Waals surface area contributed by atoms with E-state index in [2.05, 4.69) is 19.2 Å². The van der Waals surface area contributed by atoms with Gasteiger partial charge in [-0.25, -0.2) is 0 Å². The highest BCUT2D eigenvalue weighted by molar-refractivity contribution is 7.85. The van der Waals surface area contributed by atoms with Crippen LogP contribution in [0, 0.1) is 0 Å². The van der Waals surface area contributed by atoms with Crippen LogP contribution in [-0.4, -0.2) is 41.9 Å². The zero-order chi connectivity index (χ0) is 27.6. The van der Waals surface area contributed by atoms with Gasteiger partial charge in [0.05, 0.1) is 17.9 Å². The highest BCUT2D eigenvalue weighted by atomic mass is 32.2. The van der Waals surface area contributed by atoms with Gasteiger partial charge in [-0.05, 0) is 19.3 Å². The second kappa shape index (κ2) is 25.4. The Bertz CT molecular complexity index is 650. The summed E-state index contributed by atoms with van der Waals surface area (Å²) in [6.45, 7) is 4.45. The van der Waals surface area contributed by atoms with Crippen molar-refractivity contribution < 1.29 is 22.9 Å². The normalized spacial score (nSPS) is 13.7. The number of aliphatic hydroxyl groups is 1. The summed E-state index contributed by atoms with van der Waals surface area (Å²) in [6.07, 6.45) is 27.6. The first-order valence-electron chi connectivity index (χ1n) is 15.4. The Balaban J connectivity index is 4.10. The number of amides is 1. The van der Waals surface area contributed by atoms with Crippen LogP contribution >= 0.6 is 0 Å². The fraction of sp³-hybridized carbons (Fsp3) is 0.900. The minimum atomic E-state index is -4.32. The predicted molar refractivity (Wildman–Crippen MR) is 156 cm³/mol. The lowest BCUT2D eigenvalue weighted by Gasteiger charge is -2.21. The van der Waals surface area contributed by atoms with Crippen LogP contribution in [0.2, 0.25) is 0 Å². The average Bonchev–Trinajstić information content (AvgIpc) is 2.84. The van der Waals surface area contributed by atoms with E-state index in [-0.39, 0.29) is 5.91 Å². The molecule has 0 fully saturated rings. The minimum absolute atomic E-state index is 0.282. The molecule has 1 amide bonds. The van der Waals surface area contributed by atoms with Gasteiger partial charge in [0.25, 0.3) is 10.1 Å². The van der Waals surface area contributed by atoms with Crippen molar-refractivity contribution in [2.75, 3.05) is 5.75 Å². The monoisotopic (exact) mass is 545 g/mol. The number of rotatable bonds is 27. The van der Waals surface area contributed by atoms with Gasteiger partial charge >= 0.3 is 0 Å². The zero-order valence-electron chi connectivity index (χ0n) is 24.1. The van der Waals surface area contributed by atoms with Crippen molar-refractivity contribution in [3.63, 3.8) is 0 Å². The number of nitrogens with one attached hydrogen (secondary N) is 1.